The van der Waals surface area contributed by atoms with Crippen LogP contribution in [0.1, 0.15) is 15.9 Å². The van der Waals surface area contributed by atoms with E-state index in [1.54, 1.807) is 36.7 Å². The number of carboxylic acid groups (broad SMARTS) is 1. The van der Waals surface area contributed by atoms with Crippen molar-refractivity contribution in [2.45, 2.75) is 0 Å². The number of nitrogens with zero attached hydrogens (tertiary/aromatic N) is 2. The van der Waals surface area contributed by atoms with E-state index < -0.39 is 11.8 Å². The fourth-order valence-corrected chi connectivity index (χ4v) is 3.02. The molecule has 0 amide bonds. The molecule has 0 saturated carbocycles. The van der Waals surface area contributed by atoms with Gasteiger partial charge in [0.15, 0.2) is 0 Å². The quantitative estimate of drug-likeness (QED) is 0.560. The summed E-state index contributed by atoms with van der Waals surface area (Å²) in [6.45, 7) is 0. The van der Waals surface area contributed by atoms with Gasteiger partial charge in [0.1, 0.15) is 11.5 Å². The van der Waals surface area contributed by atoms with Crippen LogP contribution in [0, 0.1) is 17.1 Å². The Labute approximate surface area is 153 Å². The summed E-state index contributed by atoms with van der Waals surface area (Å²) in [6, 6.07) is 15.2. The Morgan fingerprint density at radius 1 is 1.11 bits per heavy atom. The second-order valence-electron chi connectivity index (χ2n) is 6.01. The number of rotatable bonds is 3. The van der Waals surface area contributed by atoms with Gasteiger partial charge in [0.25, 0.3) is 0 Å². The number of hydrogen-bond donors (Lipinski definition) is 2. The van der Waals surface area contributed by atoms with Crippen molar-refractivity contribution in [3.8, 4) is 28.3 Å². The van der Waals surface area contributed by atoms with Crippen LogP contribution in [0.2, 0.25) is 0 Å². The highest BCUT2D eigenvalue weighted by Gasteiger charge is 2.14. The number of nitriles is 1. The summed E-state index contributed by atoms with van der Waals surface area (Å²) in [7, 11) is 0. The fraction of sp³-hybridized carbons (Fsp3) is 0. The van der Waals surface area contributed by atoms with Gasteiger partial charge < -0.3 is 10.1 Å². The molecule has 0 spiro atoms. The van der Waals surface area contributed by atoms with Crippen LogP contribution >= 0.6 is 0 Å². The fourth-order valence-electron chi connectivity index (χ4n) is 3.02. The molecule has 5 nitrogen and oxygen atoms in total. The van der Waals surface area contributed by atoms with Gasteiger partial charge in [-0.1, -0.05) is 18.2 Å². The SMILES string of the molecule is N#Cc1cccc(-c2cnc3[nH]cc(-c4ccc(C(=O)O)c(F)c4)c3c2)c1. The number of nitrogens with one attached hydrogen (secondary N) is 1. The van der Waals surface area contributed by atoms with Crippen LogP contribution in [0.3, 0.4) is 0 Å². The third-order valence-corrected chi connectivity index (χ3v) is 4.37. The first kappa shape index (κ1) is 16.5. The lowest BCUT2D eigenvalue weighted by molar-refractivity contribution is 0.0692. The Morgan fingerprint density at radius 3 is 2.70 bits per heavy atom. The molecule has 0 radical (unpaired) electrons. The third-order valence-electron chi connectivity index (χ3n) is 4.37. The third kappa shape index (κ3) is 2.92. The maximum absolute atomic E-state index is 14.1. The highest BCUT2D eigenvalue weighted by Crippen LogP contribution is 2.32. The molecule has 130 valence electrons. The Balaban J connectivity index is 1.84. The zero-order valence-corrected chi connectivity index (χ0v) is 13.9. The molecule has 0 unspecified atom stereocenters. The van der Waals surface area contributed by atoms with Crippen LogP contribution < -0.4 is 0 Å². The number of H-pyrrole nitrogens is 1. The molecule has 0 aliphatic carbocycles. The molecule has 0 atom stereocenters. The number of fused-ring (bicyclic) bond motifs is 1. The average molecular weight is 357 g/mol. The summed E-state index contributed by atoms with van der Waals surface area (Å²) in [5, 5.41) is 18.8. The lowest BCUT2D eigenvalue weighted by Gasteiger charge is -2.05. The van der Waals surface area contributed by atoms with Crippen LogP contribution in [0.4, 0.5) is 4.39 Å². The summed E-state index contributed by atoms with van der Waals surface area (Å²) in [5.41, 5.74) is 3.75. The average Bonchev–Trinajstić information content (AvgIpc) is 3.11. The molecule has 27 heavy (non-hydrogen) atoms. The number of aromatic nitrogens is 2. The standard InChI is InChI=1S/C21H12FN3O2/c22-19-8-14(4-5-16(19)21(26)27)18-11-25-20-17(18)7-15(10-24-20)13-3-1-2-12(6-13)9-23/h1-8,10-11H,(H,24,25)(H,26,27). The van der Waals surface area contributed by atoms with E-state index >= 15 is 0 Å². The zero-order chi connectivity index (χ0) is 19.0. The Hall–Kier alpha value is -3.98. The summed E-state index contributed by atoms with van der Waals surface area (Å²) < 4.78 is 14.1. The molecule has 4 rings (SSSR count). The Kier molecular flexibility index (Phi) is 3.90. The lowest BCUT2D eigenvalue weighted by Crippen LogP contribution is -2.00. The van der Waals surface area contributed by atoms with Gasteiger partial charge in [0.2, 0.25) is 0 Å². The maximum Gasteiger partial charge on any atom is 0.338 e. The minimum atomic E-state index is -1.31. The van der Waals surface area contributed by atoms with Gasteiger partial charge in [-0.15, -0.1) is 0 Å². The zero-order valence-electron chi connectivity index (χ0n) is 13.9. The molecule has 4 aromatic rings. The predicted octanol–water partition coefficient (Wildman–Crippen LogP) is 4.61. The van der Waals surface area contributed by atoms with Crippen LogP contribution in [-0.2, 0) is 0 Å². The van der Waals surface area contributed by atoms with Gasteiger partial charge in [0, 0.05) is 28.9 Å². The van der Waals surface area contributed by atoms with E-state index in [-0.39, 0.29) is 5.56 Å². The molecular formula is C21H12FN3O2. The molecule has 0 aliphatic rings. The monoisotopic (exact) mass is 357 g/mol. The van der Waals surface area contributed by atoms with Crippen molar-refractivity contribution in [3.05, 3.63) is 77.9 Å². The molecule has 2 aromatic carbocycles. The number of halogens is 1. The molecule has 2 heterocycles. The molecule has 6 heteroatoms. The van der Waals surface area contributed by atoms with Gasteiger partial charge >= 0.3 is 5.97 Å². The van der Waals surface area contributed by atoms with Crippen molar-refractivity contribution >= 4 is 17.0 Å². The summed E-state index contributed by atoms with van der Waals surface area (Å²) >= 11 is 0. The smallest absolute Gasteiger partial charge is 0.338 e. The molecular weight excluding hydrogens is 345 g/mol. The predicted molar refractivity (Wildman–Crippen MR) is 98.6 cm³/mol. The van der Waals surface area contributed by atoms with Crippen LogP contribution in [0.25, 0.3) is 33.3 Å². The van der Waals surface area contributed by atoms with Crippen molar-refractivity contribution in [3.63, 3.8) is 0 Å². The van der Waals surface area contributed by atoms with Gasteiger partial charge in [-0.2, -0.15) is 5.26 Å². The lowest BCUT2D eigenvalue weighted by atomic mass is 10.0. The number of aromatic carboxylic acids is 1. The van der Waals surface area contributed by atoms with Gasteiger partial charge in [-0.3, -0.25) is 0 Å². The minimum Gasteiger partial charge on any atom is -0.478 e. The van der Waals surface area contributed by atoms with E-state index in [0.29, 0.717) is 22.3 Å². The second-order valence-corrected chi connectivity index (χ2v) is 6.01. The highest BCUT2D eigenvalue weighted by molar-refractivity contribution is 5.96. The minimum absolute atomic E-state index is 0.370. The molecule has 0 saturated heterocycles. The van der Waals surface area contributed by atoms with Crippen LogP contribution in [0.15, 0.2) is 60.9 Å². The number of pyridine rings is 1. The Morgan fingerprint density at radius 2 is 1.96 bits per heavy atom. The number of carbonyl (C=O) groups is 1. The van der Waals surface area contributed by atoms with Crippen molar-refractivity contribution in [2.24, 2.45) is 0 Å². The first-order valence-corrected chi connectivity index (χ1v) is 8.07. The summed E-state index contributed by atoms with van der Waals surface area (Å²) in [5.74, 6) is -2.10. The largest absolute Gasteiger partial charge is 0.478 e. The van der Waals surface area contributed by atoms with E-state index in [1.807, 2.05) is 12.1 Å². The first-order chi connectivity index (χ1) is 13.1. The van der Waals surface area contributed by atoms with Crippen molar-refractivity contribution in [1.82, 2.24) is 9.97 Å². The van der Waals surface area contributed by atoms with E-state index in [1.165, 1.54) is 12.1 Å². The Bertz CT molecular complexity index is 1240. The summed E-state index contributed by atoms with van der Waals surface area (Å²) in [4.78, 5) is 18.5. The van der Waals surface area contributed by atoms with Crippen LogP contribution in [0.5, 0.6) is 0 Å². The molecule has 0 fully saturated rings. The molecule has 0 aliphatic heterocycles. The van der Waals surface area contributed by atoms with E-state index in [2.05, 4.69) is 16.0 Å². The van der Waals surface area contributed by atoms with E-state index in [0.717, 1.165) is 16.5 Å². The first-order valence-electron chi connectivity index (χ1n) is 8.07. The molecule has 2 N–H and O–H groups in total. The number of benzene rings is 2. The van der Waals surface area contributed by atoms with E-state index in [9.17, 15) is 9.18 Å². The summed E-state index contributed by atoms with van der Waals surface area (Å²) in [6.07, 6.45) is 3.41. The molecule has 2 aromatic heterocycles. The molecule has 0 bridgehead atoms. The number of hydrogen-bond acceptors (Lipinski definition) is 3. The van der Waals surface area contributed by atoms with Gasteiger partial charge in [-0.05, 0) is 41.5 Å². The van der Waals surface area contributed by atoms with E-state index in [4.69, 9.17) is 10.4 Å². The van der Waals surface area contributed by atoms with Gasteiger partial charge in [-0.25, -0.2) is 14.2 Å². The number of carboxylic acids is 1. The van der Waals surface area contributed by atoms with Gasteiger partial charge in [0.05, 0.1) is 17.2 Å². The maximum atomic E-state index is 14.1. The highest BCUT2D eigenvalue weighted by atomic mass is 19.1. The van der Waals surface area contributed by atoms with Crippen molar-refractivity contribution in [2.75, 3.05) is 0 Å². The second kappa shape index (κ2) is 6.39. The number of aromatic amines is 1. The normalized spacial score (nSPS) is 10.7. The van der Waals surface area contributed by atoms with Crippen molar-refractivity contribution in [1.29, 1.82) is 5.26 Å². The van der Waals surface area contributed by atoms with Crippen molar-refractivity contribution < 1.29 is 14.3 Å². The van der Waals surface area contributed by atoms with Crippen LogP contribution in [-0.4, -0.2) is 21.0 Å². The topological polar surface area (TPSA) is 89.8 Å².